The van der Waals surface area contributed by atoms with Crippen LogP contribution in [0, 0.1) is 6.92 Å². The average Bonchev–Trinajstić information content (AvgIpc) is 2.75. The third-order valence-corrected chi connectivity index (χ3v) is 3.70. The Labute approximate surface area is 113 Å². The molecule has 7 heteroatoms. The molecule has 0 bridgehead atoms. The summed E-state index contributed by atoms with van der Waals surface area (Å²) in [6.45, 7) is 3.95. The first kappa shape index (κ1) is 13.5. The van der Waals surface area contributed by atoms with Crippen molar-refractivity contribution in [1.29, 1.82) is 0 Å². The van der Waals surface area contributed by atoms with Crippen molar-refractivity contribution in [1.82, 2.24) is 14.5 Å². The molecule has 0 fully saturated rings. The third-order valence-electron chi connectivity index (χ3n) is 2.88. The van der Waals surface area contributed by atoms with Gasteiger partial charge >= 0.3 is 5.69 Å². The summed E-state index contributed by atoms with van der Waals surface area (Å²) in [4.78, 5) is 29.7. The molecule has 2 aromatic rings. The van der Waals surface area contributed by atoms with Gasteiger partial charge in [-0.05, 0) is 13.3 Å². The molecule has 2 heterocycles. The number of nitrogens with zero attached hydrogens (tertiary/aromatic N) is 2. The molecule has 0 unspecified atom stereocenters. The maximum absolute atomic E-state index is 11.7. The van der Waals surface area contributed by atoms with Gasteiger partial charge in [-0.3, -0.25) is 14.3 Å². The molecule has 0 aliphatic rings. The van der Waals surface area contributed by atoms with Crippen molar-refractivity contribution in [3.05, 3.63) is 42.5 Å². The maximum Gasteiger partial charge on any atom is 0.331 e. The number of aromatic nitrogens is 3. The Morgan fingerprint density at radius 3 is 2.79 bits per heavy atom. The number of hydrogen-bond donors (Lipinski definition) is 2. The van der Waals surface area contributed by atoms with Gasteiger partial charge in [0.2, 0.25) is 5.88 Å². The summed E-state index contributed by atoms with van der Waals surface area (Å²) in [6.07, 6.45) is 0.907. The molecule has 19 heavy (non-hydrogen) atoms. The monoisotopic (exact) mass is 281 g/mol. The second-order valence-corrected chi connectivity index (χ2v) is 5.24. The van der Waals surface area contributed by atoms with E-state index < -0.39 is 11.2 Å². The first-order valence-electron chi connectivity index (χ1n) is 5.99. The number of rotatable bonds is 4. The van der Waals surface area contributed by atoms with Crippen LogP contribution in [0.5, 0.6) is 5.88 Å². The maximum atomic E-state index is 11.7. The largest absolute Gasteiger partial charge is 0.494 e. The number of aryl methyl sites for hydroxylation is 2. The highest BCUT2D eigenvalue weighted by atomic mass is 32.1. The van der Waals surface area contributed by atoms with Crippen molar-refractivity contribution in [2.24, 2.45) is 0 Å². The molecular weight excluding hydrogens is 266 g/mol. The molecule has 0 amide bonds. The van der Waals surface area contributed by atoms with E-state index in [4.69, 9.17) is 0 Å². The molecule has 2 rings (SSSR count). The average molecular weight is 281 g/mol. The highest BCUT2D eigenvalue weighted by Crippen LogP contribution is 2.13. The van der Waals surface area contributed by atoms with Crippen molar-refractivity contribution in [2.75, 3.05) is 0 Å². The molecule has 0 saturated heterocycles. The molecule has 0 aliphatic carbocycles. The summed E-state index contributed by atoms with van der Waals surface area (Å²) in [7, 11) is 0. The minimum atomic E-state index is -0.591. The van der Waals surface area contributed by atoms with Gasteiger partial charge in [-0.1, -0.05) is 6.92 Å². The highest BCUT2D eigenvalue weighted by molar-refractivity contribution is 7.09. The summed E-state index contributed by atoms with van der Waals surface area (Å²) >= 11 is 1.54. The Morgan fingerprint density at radius 1 is 1.47 bits per heavy atom. The minimum Gasteiger partial charge on any atom is -0.494 e. The number of H-pyrrole nitrogens is 1. The summed E-state index contributed by atoms with van der Waals surface area (Å²) in [5.74, 6) is -0.247. The Balaban J connectivity index is 2.30. The number of aromatic hydroxyl groups is 1. The number of hydrogen-bond acceptors (Lipinski definition) is 5. The molecule has 2 aromatic heterocycles. The SMILES string of the molecule is CCc1c(O)n(CCc2csc(C)n2)c(=O)[nH]c1=O. The van der Waals surface area contributed by atoms with Crippen LogP contribution in [0.25, 0.3) is 0 Å². The van der Waals surface area contributed by atoms with Crippen LogP contribution in [-0.4, -0.2) is 19.6 Å². The van der Waals surface area contributed by atoms with E-state index in [1.807, 2.05) is 12.3 Å². The molecule has 0 aliphatic heterocycles. The van der Waals surface area contributed by atoms with Gasteiger partial charge in [-0.15, -0.1) is 11.3 Å². The standard InChI is InChI=1S/C12H15N3O3S/c1-3-9-10(16)14-12(18)15(11(9)17)5-4-8-6-19-7(2)13-8/h6,17H,3-5H2,1-2H3,(H,14,16,18). The van der Waals surface area contributed by atoms with E-state index in [2.05, 4.69) is 9.97 Å². The predicted molar refractivity (Wildman–Crippen MR) is 72.9 cm³/mol. The van der Waals surface area contributed by atoms with Gasteiger partial charge in [-0.25, -0.2) is 9.78 Å². The molecule has 0 saturated carbocycles. The molecule has 102 valence electrons. The van der Waals surface area contributed by atoms with E-state index in [-0.39, 0.29) is 18.0 Å². The fraction of sp³-hybridized carbons (Fsp3) is 0.417. The lowest BCUT2D eigenvalue weighted by molar-refractivity contribution is 0.393. The van der Waals surface area contributed by atoms with E-state index in [0.29, 0.717) is 12.8 Å². The third kappa shape index (κ3) is 2.76. The van der Waals surface area contributed by atoms with Gasteiger partial charge in [0.05, 0.1) is 16.3 Å². The zero-order valence-corrected chi connectivity index (χ0v) is 11.6. The van der Waals surface area contributed by atoms with E-state index in [1.54, 1.807) is 6.92 Å². The molecule has 0 atom stereocenters. The van der Waals surface area contributed by atoms with Crippen LogP contribution in [0.4, 0.5) is 0 Å². The molecule has 2 N–H and O–H groups in total. The zero-order valence-electron chi connectivity index (χ0n) is 10.8. The van der Waals surface area contributed by atoms with Crippen molar-refractivity contribution in [2.45, 2.75) is 33.2 Å². The van der Waals surface area contributed by atoms with Crippen LogP contribution in [0.1, 0.15) is 23.2 Å². The number of thiazole rings is 1. The number of nitrogens with one attached hydrogen (secondary N) is 1. The summed E-state index contributed by atoms with van der Waals surface area (Å²) < 4.78 is 1.18. The molecule has 0 spiro atoms. The predicted octanol–water partition coefficient (Wildman–Crippen LogP) is 0.812. The van der Waals surface area contributed by atoms with Crippen molar-refractivity contribution in [3.63, 3.8) is 0 Å². The van der Waals surface area contributed by atoms with E-state index in [9.17, 15) is 14.7 Å². The Bertz CT molecular complexity index is 699. The van der Waals surface area contributed by atoms with Gasteiger partial charge in [-0.2, -0.15) is 0 Å². The summed E-state index contributed by atoms with van der Waals surface area (Å²) in [5.41, 5.74) is -0.00971. The minimum absolute atomic E-state index is 0.231. The van der Waals surface area contributed by atoms with Crippen LogP contribution in [-0.2, 0) is 19.4 Å². The first-order valence-corrected chi connectivity index (χ1v) is 6.86. The van der Waals surface area contributed by atoms with E-state index >= 15 is 0 Å². The van der Waals surface area contributed by atoms with Crippen LogP contribution < -0.4 is 11.2 Å². The second-order valence-electron chi connectivity index (χ2n) is 4.17. The van der Waals surface area contributed by atoms with Crippen molar-refractivity contribution >= 4 is 11.3 Å². The van der Waals surface area contributed by atoms with Crippen molar-refractivity contribution in [3.8, 4) is 5.88 Å². The van der Waals surface area contributed by atoms with Crippen LogP contribution in [0.15, 0.2) is 15.0 Å². The van der Waals surface area contributed by atoms with Gasteiger partial charge in [0.25, 0.3) is 5.56 Å². The van der Waals surface area contributed by atoms with Crippen LogP contribution >= 0.6 is 11.3 Å². The fourth-order valence-electron chi connectivity index (χ4n) is 1.88. The Kier molecular flexibility index (Phi) is 3.84. The molecule has 0 radical (unpaired) electrons. The smallest absolute Gasteiger partial charge is 0.331 e. The van der Waals surface area contributed by atoms with Gasteiger partial charge < -0.3 is 5.11 Å². The highest BCUT2D eigenvalue weighted by Gasteiger charge is 2.12. The molecule has 6 nitrogen and oxygen atoms in total. The Morgan fingerprint density at radius 2 is 2.21 bits per heavy atom. The van der Waals surface area contributed by atoms with Crippen LogP contribution in [0.3, 0.4) is 0 Å². The lowest BCUT2D eigenvalue weighted by Crippen LogP contribution is -2.32. The molecule has 0 aromatic carbocycles. The topological polar surface area (TPSA) is 88.0 Å². The van der Waals surface area contributed by atoms with Gasteiger partial charge in [0.1, 0.15) is 0 Å². The number of aromatic amines is 1. The lowest BCUT2D eigenvalue weighted by Gasteiger charge is -2.09. The summed E-state index contributed by atoms with van der Waals surface area (Å²) in [5, 5.41) is 12.8. The lowest BCUT2D eigenvalue weighted by atomic mass is 10.2. The Hall–Kier alpha value is -1.89. The fourth-order valence-corrected chi connectivity index (χ4v) is 2.52. The van der Waals surface area contributed by atoms with Gasteiger partial charge in [0.15, 0.2) is 0 Å². The van der Waals surface area contributed by atoms with Crippen LogP contribution in [0.2, 0.25) is 0 Å². The summed E-state index contributed by atoms with van der Waals surface area (Å²) in [6, 6.07) is 0. The second kappa shape index (κ2) is 5.40. The zero-order chi connectivity index (χ0) is 14.0. The van der Waals surface area contributed by atoms with E-state index in [0.717, 1.165) is 10.7 Å². The van der Waals surface area contributed by atoms with E-state index in [1.165, 1.54) is 15.9 Å². The van der Waals surface area contributed by atoms with Crippen molar-refractivity contribution < 1.29 is 5.11 Å². The van der Waals surface area contributed by atoms with Gasteiger partial charge in [0, 0.05) is 18.3 Å². The normalized spacial score (nSPS) is 10.8. The first-order chi connectivity index (χ1) is 9.02. The quantitative estimate of drug-likeness (QED) is 0.868. The molecular formula is C12H15N3O3S.